The molecule has 1 fully saturated rings. The second kappa shape index (κ2) is 6.81. The van der Waals surface area contributed by atoms with Gasteiger partial charge in [0.25, 0.3) is 0 Å². The first-order chi connectivity index (χ1) is 7.49. The predicted octanol–water partition coefficient (Wildman–Crippen LogP) is 0.225. The summed E-state index contributed by atoms with van der Waals surface area (Å²) in [6.45, 7) is 4.55. The lowest BCUT2D eigenvalue weighted by Crippen LogP contribution is -2.50. The topological polar surface area (TPSA) is 66.6 Å². The van der Waals surface area contributed by atoms with Gasteiger partial charge in [-0.15, -0.1) is 12.4 Å². The Morgan fingerprint density at radius 3 is 2.59 bits per heavy atom. The van der Waals surface area contributed by atoms with Crippen LogP contribution in [0.3, 0.4) is 0 Å². The van der Waals surface area contributed by atoms with Crippen LogP contribution in [0.25, 0.3) is 0 Å². The number of nitrogens with two attached hydrogens (primary N) is 1. The van der Waals surface area contributed by atoms with Crippen LogP contribution in [-0.2, 0) is 9.59 Å². The van der Waals surface area contributed by atoms with Crippen molar-refractivity contribution in [1.82, 2.24) is 9.80 Å². The second-order valence-electron chi connectivity index (χ2n) is 4.40. The predicted molar refractivity (Wildman–Crippen MR) is 68.9 cm³/mol. The lowest BCUT2D eigenvalue weighted by atomic mass is 10.1. The zero-order valence-electron chi connectivity index (χ0n) is 10.7. The van der Waals surface area contributed by atoms with Gasteiger partial charge in [0.15, 0.2) is 0 Å². The van der Waals surface area contributed by atoms with Crippen LogP contribution in [0.5, 0.6) is 0 Å². The molecular weight excluding hydrogens is 242 g/mol. The lowest BCUT2D eigenvalue weighted by Gasteiger charge is -2.30. The molecule has 2 unspecified atom stereocenters. The van der Waals surface area contributed by atoms with Gasteiger partial charge < -0.3 is 15.5 Å². The van der Waals surface area contributed by atoms with E-state index < -0.39 is 0 Å². The summed E-state index contributed by atoms with van der Waals surface area (Å²) in [5.41, 5.74) is 5.53. The Kier molecular flexibility index (Phi) is 6.49. The maximum absolute atomic E-state index is 12.1. The van der Waals surface area contributed by atoms with Crippen molar-refractivity contribution in [3.8, 4) is 0 Å². The lowest BCUT2D eigenvalue weighted by molar-refractivity contribution is -0.143. The molecule has 1 aliphatic rings. The zero-order valence-corrected chi connectivity index (χ0v) is 11.5. The quantitative estimate of drug-likeness (QED) is 0.792. The summed E-state index contributed by atoms with van der Waals surface area (Å²) in [4.78, 5) is 26.8. The minimum Gasteiger partial charge on any atom is -0.340 e. The molecule has 0 spiro atoms. The van der Waals surface area contributed by atoms with Crippen LogP contribution in [0, 0.1) is 0 Å². The van der Waals surface area contributed by atoms with Crippen LogP contribution in [-0.4, -0.2) is 53.8 Å². The van der Waals surface area contributed by atoms with E-state index in [1.807, 2.05) is 6.92 Å². The van der Waals surface area contributed by atoms with Crippen molar-refractivity contribution in [3.05, 3.63) is 0 Å². The van der Waals surface area contributed by atoms with E-state index in [0.717, 1.165) is 12.8 Å². The number of nitrogens with zero attached hydrogens (tertiary/aromatic N) is 2. The highest BCUT2D eigenvalue weighted by Gasteiger charge is 2.34. The maximum atomic E-state index is 12.1. The Balaban J connectivity index is 0.00000256. The number of likely N-dealkylation sites (N-methyl/N-ethyl adjacent to an activating group) is 1. The van der Waals surface area contributed by atoms with Gasteiger partial charge in [-0.1, -0.05) is 0 Å². The van der Waals surface area contributed by atoms with Crippen molar-refractivity contribution in [3.63, 3.8) is 0 Å². The van der Waals surface area contributed by atoms with Crippen LogP contribution in [0.15, 0.2) is 0 Å². The smallest absolute Gasteiger partial charge is 0.245 e. The third-order valence-corrected chi connectivity index (χ3v) is 3.29. The van der Waals surface area contributed by atoms with E-state index >= 15 is 0 Å². The molecule has 1 rings (SSSR count). The molecule has 2 amide bonds. The molecule has 2 N–H and O–H groups in total. The summed E-state index contributed by atoms with van der Waals surface area (Å²) in [5, 5.41) is 0. The largest absolute Gasteiger partial charge is 0.340 e. The Labute approximate surface area is 109 Å². The van der Waals surface area contributed by atoms with Gasteiger partial charge >= 0.3 is 0 Å². The van der Waals surface area contributed by atoms with Gasteiger partial charge in [0, 0.05) is 33.1 Å². The van der Waals surface area contributed by atoms with Gasteiger partial charge in [0.05, 0.1) is 0 Å². The molecule has 0 saturated carbocycles. The Hall–Kier alpha value is -0.810. The van der Waals surface area contributed by atoms with E-state index in [-0.39, 0.29) is 36.3 Å². The van der Waals surface area contributed by atoms with Crippen molar-refractivity contribution < 1.29 is 9.59 Å². The van der Waals surface area contributed by atoms with Gasteiger partial charge in [-0.2, -0.15) is 0 Å². The molecule has 0 aromatic heterocycles. The summed E-state index contributed by atoms with van der Waals surface area (Å²) in [6, 6.07) is -0.265. The third kappa shape index (κ3) is 3.57. The van der Waals surface area contributed by atoms with Gasteiger partial charge in [-0.3, -0.25) is 9.59 Å². The van der Waals surface area contributed by atoms with Crippen molar-refractivity contribution >= 4 is 24.2 Å². The van der Waals surface area contributed by atoms with Gasteiger partial charge in [0.2, 0.25) is 11.8 Å². The average Bonchev–Trinajstić information content (AvgIpc) is 2.74. The summed E-state index contributed by atoms with van der Waals surface area (Å²) in [7, 11) is 1.75. The molecular formula is C11H22ClN3O2. The monoisotopic (exact) mass is 263 g/mol. The summed E-state index contributed by atoms with van der Waals surface area (Å²) in [5.74, 6) is -0.0182. The molecule has 1 heterocycles. The summed E-state index contributed by atoms with van der Waals surface area (Å²) < 4.78 is 0. The minimum absolute atomic E-state index is 0. The van der Waals surface area contributed by atoms with Crippen molar-refractivity contribution in [2.45, 2.75) is 38.8 Å². The van der Waals surface area contributed by atoms with Crippen molar-refractivity contribution in [2.24, 2.45) is 5.73 Å². The Bertz CT molecular complexity index is 286. The highest BCUT2D eigenvalue weighted by Crippen LogP contribution is 2.19. The molecule has 5 nitrogen and oxygen atoms in total. The normalized spacial score (nSPS) is 20.7. The van der Waals surface area contributed by atoms with Crippen LogP contribution in [0.1, 0.15) is 26.7 Å². The number of carbonyl (C=O) groups excluding carboxylic acids is 2. The van der Waals surface area contributed by atoms with Crippen LogP contribution in [0.4, 0.5) is 0 Å². The highest BCUT2D eigenvalue weighted by atomic mass is 35.5. The summed E-state index contributed by atoms with van der Waals surface area (Å²) >= 11 is 0. The minimum atomic E-state index is -0.281. The fourth-order valence-corrected chi connectivity index (χ4v) is 2.01. The standard InChI is InChI=1S/C11H21N3O2.ClH/c1-8(7-12)13(3)11(16)10-5-4-6-14(10)9(2)15;/h8,10H,4-7,12H2,1-3H3;1H. The van der Waals surface area contributed by atoms with Gasteiger partial charge in [0.1, 0.15) is 6.04 Å². The molecule has 0 radical (unpaired) electrons. The third-order valence-electron chi connectivity index (χ3n) is 3.29. The molecule has 6 heteroatoms. The van der Waals surface area contributed by atoms with E-state index in [0.29, 0.717) is 13.1 Å². The van der Waals surface area contributed by atoms with Crippen molar-refractivity contribution in [2.75, 3.05) is 20.1 Å². The highest BCUT2D eigenvalue weighted by molar-refractivity contribution is 5.87. The molecule has 1 aliphatic heterocycles. The number of hydrogen-bond acceptors (Lipinski definition) is 3. The van der Waals surface area contributed by atoms with Crippen molar-refractivity contribution in [1.29, 1.82) is 0 Å². The molecule has 0 aliphatic carbocycles. The first kappa shape index (κ1) is 16.2. The molecule has 0 aromatic rings. The van der Waals surface area contributed by atoms with E-state index in [4.69, 9.17) is 5.73 Å². The first-order valence-corrected chi connectivity index (χ1v) is 5.73. The van der Waals surface area contributed by atoms with Crippen LogP contribution < -0.4 is 5.73 Å². The number of rotatable bonds is 3. The fraction of sp³-hybridized carbons (Fsp3) is 0.818. The van der Waals surface area contributed by atoms with E-state index in [9.17, 15) is 9.59 Å². The molecule has 0 aromatic carbocycles. The number of halogens is 1. The molecule has 100 valence electrons. The number of likely N-dealkylation sites (tertiary alicyclic amines) is 1. The first-order valence-electron chi connectivity index (χ1n) is 5.73. The second-order valence-corrected chi connectivity index (χ2v) is 4.40. The Morgan fingerprint density at radius 2 is 2.12 bits per heavy atom. The number of hydrogen-bond donors (Lipinski definition) is 1. The molecule has 2 atom stereocenters. The SMILES string of the molecule is CC(=O)N1CCCC1C(=O)N(C)C(C)CN.Cl. The fourth-order valence-electron chi connectivity index (χ4n) is 2.01. The molecule has 17 heavy (non-hydrogen) atoms. The van der Waals surface area contributed by atoms with E-state index in [1.165, 1.54) is 6.92 Å². The maximum Gasteiger partial charge on any atom is 0.245 e. The van der Waals surface area contributed by atoms with E-state index in [1.54, 1.807) is 16.8 Å². The average molecular weight is 264 g/mol. The van der Waals surface area contributed by atoms with Gasteiger partial charge in [-0.05, 0) is 19.8 Å². The van der Waals surface area contributed by atoms with Gasteiger partial charge in [-0.25, -0.2) is 0 Å². The van der Waals surface area contributed by atoms with E-state index in [2.05, 4.69) is 0 Å². The molecule has 0 bridgehead atoms. The number of carbonyl (C=O) groups is 2. The Morgan fingerprint density at radius 1 is 1.53 bits per heavy atom. The summed E-state index contributed by atoms with van der Waals surface area (Å²) in [6.07, 6.45) is 1.67. The van der Waals surface area contributed by atoms with Crippen LogP contribution in [0.2, 0.25) is 0 Å². The zero-order chi connectivity index (χ0) is 12.3. The van der Waals surface area contributed by atoms with Crippen LogP contribution >= 0.6 is 12.4 Å². The number of amides is 2. The molecule has 1 saturated heterocycles.